The molecule has 20 heavy (non-hydrogen) atoms. The Bertz CT molecular complexity index is 699. The molecule has 0 saturated heterocycles. The first-order valence-electron chi connectivity index (χ1n) is 6.01. The zero-order valence-electron chi connectivity index (χ0n) is 10.9. The molecule has 3 N–H and O–H groups in total. The van der Waals surface area contributed by atoms with Crippen LogP contribution in [0.1, 0.15) is 18.5 Å². The Morgan fingerprint density at radius 3 is 2.35 bits per heavy atom. The van der Waals surface area contributed by atoms with E-state index in [0.717, 1.165) is 11.3 Å². The summed E-state index contributed by atoms with van der Waals surface area (Å²) in [5.41, 5.74) is 1.86. The molecule has 0 aromatic heterocycles. The summed E-state index contributed by atoms with van der Waals surface area (Å²) in [6.07, 6.45) is 0. The Balaban J connectivity index is 2.15. The van der Waals surface area contributed by atoms with Crippen molar-refractivity contribution in [2.24, 2.45) is 5.14 Å². The van der Waals surface area contributed by atoms with Crippen molar-refractivity contribution < 1.29 is 8.42 Å². The fourth-order valence-electron chi connectivity index (χ4n) is 1.86. The largest absolute Gasteiger partial charge is 0.378 e. The number of anilines is 1. The van der Waals surface area contributed by atoms with Gasteiger partial charge in [0, 0.05) is 16.8 Å². The Morgan fingerprint density at radius 2 is 1.80 bits per heavy atom. The van der Waals surface area contributed by atoms with Crippen LogP contribution in [0.4, 0.5) is 5.69 Å². The summed E-state index contributed by atoms with van der Waals surface area (Å²) < 4.78 is 22.4. The molecule has 0 radical (unpaired) electrons. The fraction of sp³-hybridized carbons (Fsp3) is 0.143. The number of hydrogen-bond acceptors (Lipinski definition) is 3. The lowest BCUT2D eigenvalue weighted by Crippen LogP contribution is -2.12. The molecule has 1 atom stereocenters. The molecule has 2 rings (SSSR count). The van der Waals surface area contributed by atoms with Gasteiger partial charge in [0.1, 0.15) is 0 Å². The van der Waals surface area contributed by atoms with Gasteiger partial charge in [-0.25, -0.2) is 13.6 Å². The number of rotatable bonds is 4. The van der Waals surface area contributed by atoms with E-state index in [2.05, 4.69) is 5.32 Å². The number of primary sulfonamides is 1. The summed E-state index contributed by atoms with van der Waals surface area (Å²) in [4.78, 5) is 0.108. The highest BCUT2D eigenvalue weighted by Crippen LogP contribution is 2.22. The van der Waals surface area contributed by atoms with Crippen molar-refractivity contribution in [3.63, 3.8) is 0 Å². The smallest absolute Gasteiger partial charge is 0.238 e. The molecule has 0 aliphatic rings. The van der Waals surface area contributed by atoms with E-state index in [4.69, 9.17) is 16.7 Å². The molecule has 0 heterocycles. The minimum absolute atomic E-state index is 0.0167. The zero-order valence-corrected chi connectivity index (χ0v) is 12.4. The summed E-state index contributed by atoms with van der Waals surface area (Å²) in [6.45, 7) is 1.98. The molecule has 0 aliphatic carbocycles. The van der Waals surface area contributed by atoms with Gasteiger partial charge in [0.15, 0.2) is 0 Å². The fourth-order valence-corrected chi connectivity index (χ4v) is 2.56. The molecule has 0 amide bonds. The van der Waals surface area contributed by atoms with Gasteiger partial charge in [0.05, 0.1) is 4.90 Å². The molecular weight excluding hydrogens is 296 g/mol. The van der Waals surface area contributed by atoms with Gasteiger partial charge in [-0.2, -0.15) is 0 Å². The van der Waals surface area contributed by atoms with Gasteiger partial charge < -0.3 is 5.32 Å². The van der Waals surface area contributed by atoms with Crippen LogP contribution in [0.15, 0.2) is 53.4 Å². The highest BCUT2D eigenvalue weighted by atomic mass is 35.5. The Hall–Kier alpha value is -1.56. The first-order chi connectivity index (χ1) is 9.36. The second-order valence-corrected chi connectivity index (χ2v) is 6.49. The van der Waals surface area contributed by atoms with Gasteiger partial charge >= 0.3 is 0 Å². The van der Waals surface area contributed by atoms with Gasteiger partial charge in [-0.05, 0) is 42.8 Å². The Kier molecular flexibility index (Phi) is 4.32. The third-order valence-corrected chi connectivity index (χ3v) is 4.08. The molecule has 4 nitrogen and oxygen atoms in total. The van der Waals surface area contributed by atoms with E-state index < -0.39 is 10.0 Å². The molecule has 0 bridgehead atoms. The zero-order chi connectivity index (χ0) is 14.8. The van der Waals surface area contributed by atoms with E-state index in [-0.39, 0.29) is 10.9 Å². The predicted molar refractivity (Wildman–Crippen MR) is 81.3 cm³/mol. The summed E-state index contributed by atoms with van der Waals surface area (Å²) >= 11 is 5.92. The van der Waals surface area contributed by atoms with Gasteiger partial charge in [0.25, 0.3) is 0 Å². The quantitative estimate of drug-likeness (QED) is 0.911. The lowest BCUT2D eigenvalue weighted by Gasteiger charge is -2.16. The standard InChI is InChI=1S/C14H15ClN2O2S/c1-10(17-13-4-2-3-12(15)9-13)11-5-7-14(8-6-11)20(16,18)19/h2-10,17H,1H3,(H2,16,18,19). The molecule has 106 valence electrons. The maximum atomic E-state index is 11.2. The lowest BCUT2D eigenvalue weighted by atomic mass is 10.1. The molecule has 0 fully saturated rings. The molecule has 1 unspecified atom stereocenters. The van der Waals surface area contributed by atoms with Crippen LogP contribution in [0.5, 0.6) is 0 Å². The van der Waals surface area contributed by atoms with Crippen LogP contribution in [0, 0.1) is 0 Å². The monoisotopic (exact) mass is 310 g/mol. The van der Waals surface area contributed by atoms with Crippen LogP contribution in [-0.4, -0.2) is 8.42 Å². The van der Waals surface area contributed by atoms with Crippen molar-refractivity contribution in [3.05, 3.63) is 59.1 Å². The average molecular weight is 311 g/mol. The molecule has 2 aromatic rings. The SMILES string of the molecule is CC(Nc1cccc(Cl)c1)c1ccc(S(N)(=O)=O)cc1. The number of halogens is 1. The number of sulfonamides is 1. The second-order valence-electron chi connectivity index (χ2n) is 4.49. The normalized spacial score (nSPS) is 12.9. The van der Waals surface area contributed by atoms with E-state index >= 15 is 0 Å². The van der Waals surface area contributed by atoms with Crippen LogP contribution in [0.3, 0.4) is 0 Å². The minimum atomic E-state index is -3.65. The van der Waals surface area contributed by atoms with Crippen molar-refractivity contribution in [1.29, 1.82) is 0 Å². The van der Waals surface area contributed by atoms with Gasteiger partial charge in [0.2, 0.25) is 10.0 Å². The Labute approximate surface area is 123 Å². The molecule has 0 spiro atoms. The number of nitrogens with one attached hydrogen (secondary N) is 1. The van der Waals surface area contributed by atoms with E-state index in [1.807, 2.05) is 25.1 Å². The summed E-state index contributed by atoms with van der Waals surface area (Å²) in [5.74, 6) is 0. The van der Waals surface area contributed by atoms with Crippen LogP contribution in [0.2, 0.25) is 5.02 Å². The van der Waals surface area contributed by atoms with Crippen LogP contribution in [-0.2, 0) is 10.0 Å². The van der Waals surface area contributed by atoms with Crippen LogP contribution in [0.25, 0.3) is 0 Å². The number of hydrogen-bond donors (Lipinski definition) is 2. The number of benzene rings is 2. The van der Waals surface area contributed by atoms with E-state index in [1.165, 1.54) is 12.1 Å². The van der Waals surface area contributed by atoms with E-state index in [9.17, 15) is 8.42 Å². The maximum Gasteiger partial charge on any atom is 0.238 e. The molecular formula is C14H15ClN2O2S. The average Bonchev–Trinajstić information content (AvgIpc) is 2.38. The van der Waals surface area contributed by atoms with Crippen molar-refractivity contribution in [2.45, 2.75) is 17.9 Å². The van der Waals surface area contributed by atoms with Crippen molar-refractivity contribution in [1.82, 2.24) is 0 Å². The first-order valence-corrected chi connectivity index (χ1v) is 7.93. The van der Waals surface area contributed by atoms with Crippen molar-refractivity contribution in [2.75, 3.05) is 5.32 Å². The minimum Gasteiger partial charge on any atom is -0.378 e. The molecule has 0 saturated carbocycles. The molecule has 2 aromatic carbocycles. The lowest BCUT2D eigenvalue weighted by molar-refractivity contribution is 0.597. The third-order valence-electron chi connectivity index (χ3n) is 2.92. The second kappa shape index (κ2) is 5.83. The maximum absolute atomic E-state index is 11.2. The predicted octanol–water partition coefficient (Wildman–Crippen LogP) is 3.16. The summed E-state index contributed by atoms with van der Waals surface area (Å²) in [5, 5.41) is 9.02. The van der Waals surface area contributed by atoms with Gasteiger partial charge in [-0.1, -0.05) is 29.8 Å². The van der Waals surface area contributed by atoms with Crippen molar-refractivity contribution >= 4 is 27.3 Å². The van der Waals surface area contributed by atoms with Gasteiger partial charge in [-0.15, -0.1) is 0 Å². The van der Waals surface area contributed by atoms with Crippen molar-refractivity contribution in [3.8, 4) is 0 Å². The molecule has 0 aliphatic heterocycles. The Morgan fingerprint density at radius 1 is 1.15 bits per heavy atom. The summed E-state index contributed by atoms with van der Waals surface area (Å²) in [6, 6.07) is 13.9. The van der Waals surface area contributed by atoms with Gasteiger partial charge in [-0.3, -0.25) is 0 Å². The third kappa shape index (κ3) is 3.72. The van der Waals surface area contributed by atoms with Crippen LogP contribution < -0.4 is 10.5 Å². The highest BCUT2D eigenvalue weighted by molar-refractivity contribution is 7.89. The topological polar surface area (TPSA) is 72.2 Å². The van der Waals surface area contributed by atoms with Crippen LogP contribution >= 0.6 is 11.6 Å². The highest BCUT2D eigenvalue weighted by Gasteiger charge is 2.10. The van der Waals surface area contributed by atoms with E-state index in [1.54, 1.807) is 18.2 Å². The molecule has 6 heteroatoms. The van der Waals surface area contributed by atoms with E-state index in [0.29, 0.717) is 5.02 Å². The summed E-state index contributed by atoms with van der Waals surface area (Å²) in [7, 11) is -3.65. The first kappa shape index (κ1) is 14.8. The number of nitrogens with two attached hydrogens (primary N) is 1.